The molecule has 0 saturated carbocycles. The average molecular weight is 244 g/mol. The van der Waals surface area contributed by atoms with Gasteiger partial charge in [0.15, 0.2) is 0 Å². The molecule has 0 aliphatic rings. The Morgan fingerprint density at radius 1 is 1.00 bits per heavy atom. The number of allylic oxidation sites excluding steroid dienone is 1. The highest BCUT2D eigenvalue weighted by Crippen LogP contribution is 2.25. The summed E-state index contributed by atoms with van der Waals surface area (Å²) < 4.78 is 16.0. The van der Waals surface area contributed by atoms with Crippen molar-refractivity contribution >= 4 is 8.32 Å². The van der Waals surface area contributed by atoms with Crippen LogP contribution >= 0.6 is 0 Å². The quantitative estimate of drug-likeness (QED) is 0.370. The zero-order chi connectivity index (χ0) is 12.4. The fourth-order valence-corrected chi connectivity index (χ4v) is 4.11. The predicted molar refractivity (Wildman–Crippen MR) is 69.5 cm³/mol. The lowest BCUT2D eigenvalue weighted by Crippen LogP contribution is -2.35. The van der Waals surface area contributed by atoms with Crippen molar-refractivity contribution in [2.24, 2.45) is 0 Å². The molecule has 0 spiro atoms. The fraction of sp³-hybridized carbons (Fsp3) is 0.667. The minimum atomic E-state index is -1.62. The van der Waals surface area contributed by atoms with Gasteiger partial charge in [-0.05, 0) is 18.1 Å². The van der Waals surface area contributed by atoms with E-state index in [9.17, 15) is 0 Å². The third-order valence-electron chi connectivity index (χ3n) is 2.87. The summed E-state index contributed by atoms with van der Waals surface area (Å²) in [5.74, 6) is 0.751. The molecule has 0 aromatic rings. The van der Waals surface area contributed by atoms with Crippen LogP contribution in [-0.2, 0) is 13.9 Å². The van der Waals surface area contributed by atoms with Crippen LogP contribution in [0, 0.1) is 0 Å². The minimum absolute atomic E-state index is 0.751. The van der Waals surface area contributed by atoms with Gasteiger partial charge in [-0.3, -0.25) is 0 Å². The van der Waals surface area contributed by atoms with E-state index in [1.807, 2.05) is 0 Å². The van der Waals surface area contributed by atoms with Crippen molar-refractivity contribution in [3.63, 3.8) is 0 Å². The summed E-state index contributed by atoms with van der Waals surface area (Å²) in [6.45, 7) is 6.59. The zero-order valence-electron chi connectivity index (χ0n) is 11.1. The Kier molecular flexibility index (Phi) is 7.81. The SMILES string of the molecule is CC[Si](CC)(CC)OC(=C\OC)/C=C/OC. The van der Waals surface area contributed by atoms with E-state index in [0.717, 1.165) is 23.9 Å². The van der Waals surface area contributed by atoms with E-state index in [0.29, 0.717) is 0 Å². The first-order chi connectivity index (χ1) is 7.67. The molecule has 3 nitrogen and oxygen atoms in total. The lowest BCUT2D eigenvalue weighted by atomic mass is 10.5. The normalized spacial score (nSPS) is 12.9. The van der Waals surface area contributed by atoms with Crippen molar-refractivity contribution in [1.29, 1.82) is 0 Å². The molecule has 16 heavy (non-hydrogen) atoms. The predicted octanol–water partition coefficient (Wildman–Crippen LogP) is 3.66. The number of hydrogen-bond acceptors (Lipinski definition) is 3. The molecule has 0 N–H and O–H groups in total. The number of ether oxygens (including phenoxy) is 2. The van der Waals surface area contributed by atoms with Crippen molar-refractivity contribution in [3.05, 3.63) is 24.4 Å². The van der Waals surface area contributed by atoms with Crippen LogP contribution in [-0.4, -0.2) is 22.5 Å². The summed E-state index contributed by atoms with van der Waals surface area (Å²) in [5, 5.41) is 0. The van der Waals surface area contributed by atoms with Crippen LogP contribution < -0.4 is 0 Å². The average Bonchev–Trinajstić information content (AvgIpc) is 2.33. The second-order valence-electron chi connectivity index (χ2n) is 3.64. The second-order valence-corrected chi connectivity index (χ2v) is 8.33. The van der Waals surface area contributed by atoms with Crippen LogP contribution in [0.5, 0.6) is 0 Å². The fourth-order valence-electron chi connectivity index (χ4n) is 1.57. The van der Waals surface area contributed by atoms with Crippen LogP contribution in [0.4, 0.5) is 0 Å². The van der Waals surface area contributed by atoms with Crippen LogP contribution in [0.25, 0.3) is 0 Å². The molecule has 94 valence electrons. The highest BCUT2D eigenvalue weighted by molar-refractivity contribution is 6.73. The first-order valence-corrected chi connectivity index (χ1v) is 8.32. The highest BCUT2D eigenvalue weighted by atomic mass is 28.4. The molecule has 0 radical (unpaired) electrons. The van der Waals surface area contributed by atoms with Crippen molar-refractivity contribution < 1.29 is 13.9 Å². The summed E-state index contributed by atoms with van der Waals surface area (Å²) in [6, 6.07) is 3.34. The molecular formula is C12H24O3Si. The topological polar surface area (TPSA) is 27.7 Å². The van der Waals surface area contributed by atoms with Gasteiger partial charge < -0.3 is 13.9 Å². The van der Waals surface area contributed by atoms with Gasteiger partial charge in [0.1, 0.15) is 12.0 Å². The summed E-state index contributed by atoms with van der Waals surface area (Å²) >= 11 is 0. The second kappa shape index (κ2) is 8.27. The van der Waals surface area contributed by atoms with Gasteiger partial charge in [-0.25, -0.2) is 0 Å². The van der Waals surface area contributed by atoms with E-state index in [1.54, 1.807) is 32.8 Å². The van der Waals surface area contributed by atoms with E-state index in [4.69, 9.17) is 13.9 Å². The molecule has 0 bridgehead atoms. The van der Waals surface area contributed by atoms with Gasteiger partial charge in [-0.15, -0.1) is 0 Å². The molecule has 0 amide bonds. The molecular weight excluding hydrogens is 220 g/mol. The molecule has 4 heteroatoms. The molecule has 0 aliphatic carbocycles. The van der Waals surface area contributed by atoms with E-state index >= 15 is 0 Å². The standard InChI is InChI=1S/C12H24O3Si/c1-6-16(7-2,8-3)15-12(11-14-5)9-10-13-4/h9-11H,6-8H2,1-5H3/b10-9+,12-11-. The van der Waals surface area contributed by atoms with Crippen LogP contribution in [0.1, 0.15) is 20.8 Å². The largest absolute Gasteiger partial charge is 0.541 e. The molecule has 0 unspecified atom stereocenters. The minimum Gasteiger partial charge on any atom is -0.541 e. The smallest absolute Gasteiger partial charge is 0.250 e. The molecule has 0 saturated heterocycles. The summed E-state index contributed by atoms with van der Waals surface area (Å²) in [7, 11) is 1.62. The molecule has 0 fully saturated rings. The monoisotopic (exact) mass is 244 g/mol. The molecule has 0 rings (SSSR count). The highest BCUT2D eigenvalue weighted by Gasteiger charge is 2.31. The Morgan fingerprint density at radius 3 is 1.94 bits per heavy atom. The molecule has 0 heterocycles. The Labute approximate surface area is 100 Å². The van der Waals surface area contributed by atoms with Gasteiger partial charge >= 0.3 is 0 Å². The molecule has 0 aromatic heterocycles. The van der Waals surface area contributed by atoms with Crippen molar-refractivity contribution in [1.82, 2.24) is 0 Å². The van der Waals surface area contributed by atoms with Gasteiger partial charge in [0, 0.05) is 6.08 Å². The van der Waals surface area contributed by atoms with Gasteiger partial charge in [0.2, 0.25) is 0 Å². The number of methoxy groups -OCH3 is 2. The number of rotatable bonds is 8. The van der Waals surface area contributed by atoms with Gasteiger partial charge in [-0.1, -0.05) is 20.8 Å². The maximum atomic E-state index is 6.14. The van der Waals surface area contributed by atoms with Gasteiger partial charge in [0.05, 0.1) is 20.5 Å². The van der Waals surface area contributed by atoms with Gasteiger partial charge in [-0.2, -0.15) is 0 Å². The van der Waals surface area contributed by atoms with Crippen molar-refractivity contribution in [2.75, 3.05) is 14.2 Å². The van der Waals surface area contributed by atoms with E-state index in [2.05, 4.69) is 20.8 Å². The Hall–Kier alpha value is -0.903. The summed E-state index contributed by atoms with van der Waals surface area (Å²) in [4.78, 5) is 0. The molecule has 0 atom stereocenters. The maximum Gasteiger partial charge on any atom is 0.250 e. The van der Waals surface area contributed by atoms with E-state index in [-0.39, 0.29) is 0 Å². The Bertz CT molecular complexity index is 224. The van der Waals surface area contributed by atoms with Crippen molar-refractivity contribution in [3.8, 4) is 0 Å². The third-order valence-corrected chi connectivity index (χ3v) is 7.40. The maximum absolute atomic E-state index is 6.14. The Balaban J connectivity index is 4.71. The van der Waals surface area contributed by atoms with Crippen molar-refractivity contribution in [2.45, 2.75) is 38.9 Å². The van der Waals surface area contributed by atoms with Crippen LogP contribution in [0.2, 0.25) is 18.1 Å². The molecule has 0 aliphatic heterocycles. The van der Waals surface area contributed by atoms with E-state index in [1.165, 1.54) is 0 Å². The third kappa shape index (κ3) is 4.75. The zero-order valence-corrected chi connectivity index (χ0v) is 12.1. The van der Waals surface area contributed by atoms with Crippen LogP contribution in [0.15, 0.2) is 24.4 Å². The lowest BCUT2D eigenvalue weighted by Gasteiger charge is -2.29. The number of hydrogen-bond donors (Lipinski definition) is 0. The van der Waals surface area contributed by atoms with Crippen LogP contribution in [0.3, 0.4) is 0 Å². The van der Waals surface area contributed by atoms with Gasteiger partial charge in [0.25, 0.3) is 8.32 Å². The summed E-state index contributed by atoms with van der Waals surface area (Å²) in [5.41, 5.74) is 0. The first kappa shape index (κ1) is 15.1. The first-order valence-electron chi connectivity index (χ1n) is 5.79. The molecule has 0 aromatic carbocycles. The lowest BCUT2D eigenvalue weighted by molar-refractivity contribution is 0.301. The van der Waals surface area contributed by atoms with E-state index < -0.39 is 8.32 Å². The Morgan fingerprint density at radius 2 is 1.56 bits per heavy atom. The summed E-state index contributed by atoms with van der Waals surface area (Å²) in [6.07, 6.45) is 5.02.